The predicted molar refractivity (Wildman–Crippen MR) is 108 cm³/mol. The molecule has 1 aliphatic heterocycles. The molecule has 160 valence electrons. The highest BCUT2D eigenvalue weighted by Gasteiger charge is 2.42. The lowest BCUT2D eigenvalue weighted by Gasteiger charge is -2.35. The van der Waals surface area contributed by atoms with Crippen molar-refractivity contribution in [3.63, 3.8) is 0 Å². The number of nitrogens with one attached hydrogen (secondary N) is 1. The second-order valence-corrected chi connectivity index (χ2v) is 8.11. The Morgan fingerprint density at radius 3 is 2.83 bits per heavy atom. The van der Waals surface area contributed by atoms with Crippen LogP contribution in [0.25, 0.3) is 11.4 Å². The average molecular weight is 434 g/mol. The fourth-order valence-corrected chi connectivity index (χ4v) is 4.27. The monoisotopic (exact) mass is 433 g/mol. The van der Waals surface area contributed by atoms with Crippen LogP contribution in [0, 0.1) is 0 Å². The maximum Gasteiger partial charge on any atom is 0.246 e. The minimum atomic E-state index is -0.710. The number of rotatable bonds is 5. The number of hydrogen-bond acceptors (Lipinski definition) is 7. The molecule has 2 fully saturated rings. The van der Waals surface area contributed by atoms with E-state index in [9.17, 15) is 14.7 Å². The summed E-state index contributed by atoms with van der Waals surface area (Å²) in [5.74, 6) is 0.165. The molecular formula is C19H24ClN7O3. The van der Waals surface area contributed by atoms with Crippen molar-refractivity contribution in [2.75, 3.05) is 26.7 Å². The van der Waals surface area contributed by atoms with Gasteiger partial charge < -0.3 is 15.3 Å². The molecule has 0 radical (unpaired) electrons. The molecule has 0 unspecified atom stereocenters. The topological polar surface area (TPSA) is 116 Å². The van der Waals surface area contributed by atoms with Crippen LogP contribution in [0.15, 0.2) is 24.3 Å². The summed E-state index contributed by atoms with van der Waals surface area (Å²) in [5.41, 5.74) is 0.756. The SMILES string of the molecule is CN(C(=O)Cn1nnc(-c2ccc(Cl)cc2)n1)[C@@H]1CC[C@@H](N2CCNC(=O)C2)[C@@H]1O. The van der Waals surface area contributed by atoms with E-state index in [-0.39, 0.29) is 37.0 Å². The zero-order chi connectivity index (χ0) is 21.3. The molecule has 1 aliphatic carbocycles. The molecule has 1 saturated carbocycles. The van der Waals surface area contributed by atoms with Gasteiger partial charge in [-0.25, -0.2) is 0 Å². The predicted octanol–water partition coefficient (Wildman–Crippen LogP) is -0.224. The standard InChI is InChI=1S/C19H24ClN7O3/c1-25(14-6-7-15(18(14)30)26-9-8-21-16(28)10-26)17(29)11-27-23-19(22-24-27)12-2-4-13(20)5-3-12/h2-5,14-15,18,30H,6-11H2,1H3,(H,21,28)/t14-,15-,18-/m1/s1. The highest BCUT2D eigenvalue weighted by Crippen LogP contribution is 2.28. The number of carbonyl (C=O) groups excluding carboxylic acids is 2. The summed E-state index contributed by atoms with van der Waals surface area (Å²) in [6.45, 7) is 1.49. The van der Waals surface area contributed by atoms with Gasteiger partial charge in [0.25, 0.3) is 0 Å². The van der Waals surface area contributed by atoms with Gasteiger partial charge in [-0.2, -0.15) is 4.80 Å². The van der Waals surface area contributed by atoms with E-state index in [2.05, 4.69) is 20.7 Å². The molecule has 10 nitrogen and oxygen atoms in total. The molecule has 2 amide bonds. The van der Waals surface area contributed by atoms with E-state index in [4.69, 9.17) is 11.6 Å². The first-order chi connectivity index (χ1) is 14.4. The van der Waals surface area contributed by atoms with Gasteiger partial charge in [0.1, 0.15) is 6.54 Å². The second-order valence-electron chi connectivity index (χ2n) is 7.68. The Kier molecular flexibility index (Phi) is 5.98. The highest BCUT2D eigenvalue weighted by molar-refractivity contribution is 6.30. The molecule has 1 saturated heterocycles. The van der Waals surface area contributed by atoms with Gasteiger partial charge in [0.05, 0.1) is 18.7 Å². The van der Waals surface area contributed by atoms with E-state index < -0.39 is 6.10 Å². The number of hydrogen-bond donors (Lipinski definition) is 2. The molecule has 4 rings (SSSR count). The van der Waals surface area contributed by atoms with Crippen molar-refractivity contribution < 1.29 is 14.7 Å². The quantitative estimate of drug-likeness (QED) is 0.669. The maximum absolute atomic E-state index is 12.8. The van der Waals surface area contributed by atoms with E-state index in [1.807, 2.05) is 4.90 Å². The number of amides is 2. The largest absolute Gasteiger partial charge is 0.389 e. The number of piperazine rings is 1. The summed E-state index contributed by atoms with van der Waals surface area (Å²) < 4.78 is 0. The van der Waals surface area contributed by atoms with Crippen molar-refractivity contribution in [3.05, 3.63) is 29.3 Å². The lowest BCUT2D eigenvalue weighted by molar-refractivity contribution is -0.136. The maximum atomic E-state index is 12.8. The number of halogens is 1. The van der Waals surface area contributed by atoms with Gasteiger partial charge >= 0.3 is 0 Å². The van der Waals surface area contributed by atoms with Crippen LogP contribution in [0.3, 0.4) is 0 Å². The van der Waals surface area contributed by atoms with Gasteiger partial charge in [0, 0.05) is 36.8 Å². The Balaban J connectivity index is 1.37. The third kappa shape index (κ3) is 4.30. The molecule has 2 N–H and O–H groups in total. The lowest BCUT2D eigenvalue weighted by atomic mass is 10.1. The van der Waals surface area contributed by atoms with Crippen molar-refractivity contribution in [3.8, 4) is 11.4 Å². The van der Waals surface area contributed by atoms with Gasteiger partial charge in [0.15, 0.2) is 0 Å². The van der Waals surface area contributed by atoms with Crippen molar-refractivity contribution in [1.82, 2.24) is 35.3 Å². The van der Waals surface area contributed by atoms with Gasteiger partial charge in [0.2, 0.25) is 17.6 Å². The summed E-state index contributed by atoms with van der Waals surface area (Å²) in [6.07, 6.45) is 0.699. The number of aromatic nitrogens is 4. The van der Waals surface area contributed by atoms with Crippen LogP contribution in [-0.4, -0.2) is 91.8 Å². The first kappa shape index (κ1) is 20.7. The van der Waals surface area contributed by atoms with Crippen molar-refractivity contribution in [2.45, 2.75) is 37.6 Å². The second kappa shape index (κ2) is 8.66. The summed E-state index contributed by atoms with van der Waals surface area (Å²) in [7, 11) is 1.68. The Morgan fingerprint density at radius 2 is 2.10 bits per heavy atom. The van der Waals surface area contributed by atoms with Crippen LogP contribution >= 0.6 is 11.6 Å². The first-order valence-electron chi connectivity index (χ1n) is 9.90. The Morgan fingerprint density at radius 1 is 1.33 bits per heavy atom. The van der Waals surface area contributed by atoms with Gasteiger partial charge in [-0.3, -0.25) is 14.5 Å². The number of nitrogens with zero attached hydrogens (tertiary/aromatic N) is 6. The van der Waals surface area contributed by atoms with E-state index in [1.54, 1.807) is 36.2 Å². The summed E-state index contributed by atoms with van der Waals surface area (Å²) in [5, 5.41) is 26.4. The van der Waals surface area contributed by atoms with Crippen LogP contribution in [0.5, 0.6) is 0 Å². The van der Waals surface area contributed by atoms with Crippen molar-refractivity contribution in [2.24, 2.45) is 0 Å². The Bertz CT molecular complexity index is 919. The number of carbonyl (C=O) groups is 2. The Hall–Kier alpha value is -2.56. The number of likely N-dealkylation sites (N-methyl/N-ethyl adjacent to an activating group) is 1. The van der Waals surface area contributed by atoms with E-state index >= 15 is 0 Å². The molecule has 2 aliphatic rings. The average Bonchev–Trinajstić information content (AvgIpc) is 3.34. The summed E-state index contributed by atoms with van der Waals surface area (Å²) in [4.78, 5) is 29.2. The molecule has 2 heterocycles. The van der Waals surface area contributed by atoms with E-state index in [0.717, 1.165) is 12.0 Å². The highest BCUT2D eigenvalue weighted by atomic mass is 35.5. The summed E-state index contributed by atoms with van der Waals surface area (Å²) in [6, 6.07) is 6.60. The number of benzene rings is 1. The number of aliphatic hydroxyl groups excluding tert-OH is 1. The lowest BCUT2D eigenvalue weighted by Crippen LogP contribution is -2.56. The van der Waals surface area contributed by atoms with Crippen LogP contribution in [0.1, 0.15) is 12.8 Å². The number of tetrazole rings is 1. The fraction of sp³-hybridized carbons (Fsp3) is 0.526. The van der Waals surface area contributed by atoms with Gasteiger partial charge in [-0.1, -0.05) is 11.6 Å². The zero-order valence-corrected chi connectivity index (χ0v) is 17.4. The van der Waals surface area contributed by atoms with Crippen LogP contribution < -0.4 is 5.32 Å². The number of aliphatic hydroxyl groups is 1. The van der Waals surface area contributed by atoms with E-state index in [0.29, 0.717) is 30.4 Å². The molecule has 2 aromatic rings. The smallest absolute Gasteiger partial charge is 0.246 e. The van der Waals surface area contributed by atoms with Crippen LogP contribution in [-0.2, 0) is 16.1 Å². The first-order valence-corrected chi connectivity index (χ1v) is 10.3. The molecule has 30 heavy (non-hydrogen) atoms. The van der Waals surface area contributed by atoms with Gasteiger partial charge in [-0.15, -0.1) is 10.2 Å². The van der Waals surface area contributed by atoms with Crippen molar-refractivity contribution in [1.29, 1.82) is 0 Å². The molecule has 0 spiro atoms. The Labute approximate surface area is 178 Å². The van der Waals surface area contributed by atoms with Crippen LogP contribution in [0.4, 0.5) is 0 Å². The van der Waals surface area contributed by atoms with E-state index in [1.165, 1.54) is 4.80 Å². The minimum absolute atomic E-state index is 0.0323. The fourth-order valence-electron chi connectivity index (χ4n) is 4.14. The molecule has 3 atom stereocenters. The molecule has 11 heteroatoms. The molecular weight excluding hydrogens is 410 g/mol. The minimum Gasteiger partial charge on any atom is -0.389 e. The third-order valence-electron chi connectivity index (χ3n) is 5.81. The molecule has 0 bridgehead atoms. The molecule has 1 aromatic carbocycles. The molecule has 1 aromatic heterocycles. The summed E-state index contributed by atoms with van der Waals surface area (Å²) >= 11 is 5.89. The third-order valence-corrected chi connectivity index (χ3v) is 6.06. The van der Waals surface area contributed by atoms with Crippen LogP contribution in [0.2, 0.25) is 5.02 Å². The van der Waals surface area contributed by atoms with Crippen molar-refractivity contribution >= 4 is 23.4 Å². The normalized spacial score (nSPS) is 24.6. The zero-order valence-electron chi connectivity index (χ0n) is 16.6. The van der Waals surface area contributed by atoms with Gasteiger partial charge in [-0.05, 0) is 42.3 Å².